The summed E-state index contributed by atoms with van der Waals surface area (Å²) in [5, 5.41) is 23.9. The topological polar surface area (TPSA) is 196 Å². The number of nitrogens with two attached hydrogens (primary N) is 2. The second kappa shape index (κ2) is 9.97. The maximum absolute atomic E-state index is 11.8. The van der Waals surface area contributed by atoms with Crippen LogP contribution >= 0.6 is 0 Å². The van der Waals surface area contributed by atoms with Gasteiger partial charge in [0, 0.05) is 24.3 Å². The van der Waals surface area contributed by atoms with Gasteiger partial charge in [-0.1, -0.05) is 0 Å². The second-order valence-corrected chi connectivity index (χ2v) is 6.39. The summed E-state index contributed by atoms with van der Waals surface area (Å²) in [5.74, 6) is -2.05. The predicted molar refractivity (Wildman–Crippen MR) is 109 cm³/mol. The third kappa shape index (κ3) is 6.72. The highest BCUT2D eigenvalue weighted by Gasteiger charge is 2.18. The van der Waals surface area contributed by atoms with Gasteiger partial charge in [-0.2, -0.15) is 4.98 Å². The maximum Gasteiger partial charge on any atom is 0.326 e. The lowest BCUT2D eigenvalue weighted by Crippen LogP contribution is -2.29. The van der Waals surface area contributed by atoms with Gasteiger partial charge in [0.25, 0.3) is 5.56 Å². The van der Waals surface area contributed by atoms with Crippen molar-refractivity contribution in [2.24, 2.45) is 0 Å². The maximum atomic E-state index is 11.8. The molecule has 29 heavy (non-hydrogen) atoms. The molecule has 0 bridgehead atoms. The number of H-pyrrole nitrogens is 1. The van der Waals surface area contributed by atoms with Gasteiger partial charge in [0.2, 0.25) is 5.95 Å². The number of nitrogens with one attached hydrogen (secondary N) is 3. The molecule has 1 atom stereocenters. The molecule has 1 heterocycles. The zero-order chi connectivity index (χ0) is 21.4. The van der Waals surface area contributed by atoms with Gasteiger partial charge >= 0.3 is 11.9 Å². The van der Waals surface area contributed by atoms with E-state index in [4.69, 9.17) is 16.6 Å². The van der Waals surface area contributed by atoms with Crippen molar-refractivity contribution in [2.75, 3.05) is 28.6 Å². The van der Waals surface area contributed by atoms with Crippen LogP contribution in [0.3, 0.4) is 0 Å². The molecule has 0 spiro atoms. The highest BCUT2D eigenvalue weighted by atomic mass is 16.4. The third-order valence-electron chi connectivity index (χ3n) is 4.17. The Labute approximate surface area is 166 Å². The average molecular weight is 404 g/mol. The number of hydrogen-bond acceptors (Lipinski definition) is 8. The Morgan fingerprint density at radius 1 is 1.14 bits per heavy atom. The van der Waals surface area contributed by atoms with Gasteiger partial charge < -0.3 is 32.3 Å². The van der Waals surface area contributed by atoms with E-state index in [0.717, 1.165) is 5.69 Å². The lowest BCUT2D eigenvalue weighted by molar-refractivity contribution is -0.139. The zero-order valence-electron chi connectivity index (χ0n) is 15.6. The molecule has 9 N–H and O–H groups in total. The molecule has 0 amide bonds. The van der Waals surface area contributed by atoms with Crippen LogP contribution in [0.4, 0.5) is 23.1 Å². The smallest absolute Gasteiger partial charge is 0.326 e. The summed E-state index contributed by atoms with van der Waals surface area (Å²) in [6.07, 6.45) is 0.813. The first-order valence-electron chi connectivity index (χ1n) is 8.95. The molecule has 1 aromatic carbocycles. The van der Waals surface area contributed by atoms with Gasteiger partial charge in [-0.05, 0) is 43.5 Å². The minimum Gasteiger partial charge on any atom is -0.481 e. The van der Waals surface area contributed by atoms with Crippen molar-refractivity contribution in [3.05, 3.63) is 40.2 Å². The molecule has 2 rings (SSSR count). The second-order valence-electron chi connectivity index (χ2n) is 6.39. The monoisotopic (exact) mass is 404 g/mol. The number of rotatable bonds is 11. The highest BCUT2D eigenvalue weighted by molar-refractivity contribution is 5.78. The van der Waals surface area contributed by atoms with Gasteiger partial charge in [0.15, 0.2) is 0 Å². The Hall–Kier alpha value is -3.76. The van der Waals surface area contributed by atoms with Crippen molar-refractivity contribution >= 4 is 35.1 Å². The molecule has 0 aliphatic rings. The van der Waals surface area contributed by atoms with Crippen LogP contribution in [0.15, 0.2) is 29.1 Å². The number of hydrogen-bond donors (Lipinski definition) is 7. The first kappa shape index (κ1) is 21.5. The van der Waals surface area contributed by atoms with Crippen molar-refractivity contribution in [3.8, 4) is 0 Å². The van der Waals surface area contributed by atoms with Crippen molar-refractivity contribution in [1.29, 1.82) is 0 Å². The normalized spacial score (nSPS) is 11.6. The molecule has 11 heteroatoms. The first-order valence-corrected chi connectivity index (χ1v) is 8.95. The van der Waals surface area contributed by atoms with Gasteiger partial charge in [-0.25, -0.2) is 4.79 Å². The van der Waals surface area contributed by atoms with Crippen molar-refractivity contribution in [1.82, 2.24) is 9.97 Å². The fourth-order valence-electron chi connectivity index (χ4n) is 2.68. The number of carboxylic acids is 2. The summed E-state index contributed by atoms with van der Waals surface area (Å²) in [6.45, 7) is 0.576. The van der Waals surface area contributed by atoms with Crippen LogP contribution in [0.1, 0.15) is 24.8 Å². The standard InChI is InChI=1S/C18H24N6O5/c19-15-12(16(27)24-18(20)23-15)2-1-9-21-10-3-5-11(6-4-10)22-13(17(28)29)7-8-14(25)26/h3-6,13,21-22H,1-2,7-9H2,(H,25,26)(H,28,29)(H5,19,20,23,24,27)/t13-/m0/s1. The number of carboxylic acid groups (broad SMARTS) is 2. The zero-order valence-corrected chi connectivity index (χ0v) is 15.6. The largest absolute Gasteiger partial charge is 0.481 e. The summed E-state index contributed by atoms with van der Waals surface area (Å²) >= 11 is 0. The molecular weight excluding hydrogens is 380 g/mol. The van der Waals surface area contributed by atoms with E-state index in [1.807, 2.05) is 0 Å². The minimum atomic E-state index is -1.11. The van der Waals surface area contributed by atoms with Crippen LogP contribution in [0.5, 0.6) is 0 Å². The van der Waals surface area contributed by atoms with Gasteiger partial charge in [-0.15, -0.1) is 0 Å². The summed E-state index contributed by atoms with van der Waals surface area (Å²) in [5.41, 5.74) is 12.6. The Morgan fingerprint density at radius 2 is 1.79 bits per heavy atom. The number of aliphatic carboxylic acids is 2. The van der Waals surface area contributed by atoms with E-state index in [9.17, 15) is 19.5 Å². The molecule has 0 saturated carbocycles. The molecule has 0 saturated heterocycles. The Bertz CT molecular complexity index is 912. The summed E-state index contributed by atoms with van der Waals surface area (Å²) in [7, 11) is 0. The molecule has 0 fully saturated rings. The van der Waals surface area contributed by atoms with Crippen LogP contribution in [0.25, 0.3) is 0 Å². The molecule has 2 aromatic rings. The van der Waals surface area contributed by atoms with Crippen LogP contribution in [-0.2, 0) is 16.0 Å². The van der Waals surface area contributed by atoms with E-state index >= 15 is 0 Å². The Kier molecular flexibility index (Phi) is 7.40. The molecule has 0 aliphatic carbocycles. The number of benzene rings is 1. The predicted octanol–water partition coefficient (Wildman–Crippen LogP) is 0.709. The van der Waals surface area contributed by atoms with Gasteiger partial charge in [0.1, 0.15) is 11.9 Å². The minimum absolute atomic E-state index is 0.0174. The highest BCUT2D eigenvalue weighted by Crippen LogP contribution is 2.16. The molecule has 1 aromatic heterocycles. The van der Waals surface area contributed by atoms with Gasteiger partial charge in [-0.3, -0.25) is 14.6 Å². The van der Waals surface area contributed by atoms with E-state index < -0.39 is 18.0 Å². The number of anilines is 4. The van der Waals surface area contributed by atoms with E-state index in [1.165, 1.54) is 0 Å². The molecule has 11 nitrogen and oxygen atoms in total. The van der Waals surface area contributed by atoms with Crippen LogP contribution < -0.4 is 27.7 Å². The molecular formula is C18H24N6O5. The van der Waals surface area contributed by atoms with Crippen molar-refractivity contribution in [3.63, 3.8) is 0 Å². The van der Waals surface area contributed by atoms with Crippen LogP contribution in [-0.4, -0.2) is 44.7 Å². The van der Waals surface area contributed by atoms with Crippen LogP contribution in [0.2, 0.25) is 0 Å². The summed E-state index contributed by atoms with van der Waals surface area (Å²) in [4.78, 5) is 39.9. The lowest BCUT2D eigenvalue weighted by Gasteiger charge is -2.15. The molecule has 0 unspecified atom stereocenters. The lowest BCUT2D eigenvalue weighted by atomic mass is 10.1. The summed E-state index contributed by atoms with van der Waals surface area (Å²) in [6, 6.07) is 5.95. The first-order chi connectivity index (χ1) is 13.8. The SMILES string of the molecule is Nc1nc(N)c(CCCNc2ccc(N[C@@H](CCC(=O)O)C(=O)O)cc2)c(=O)[nH]1. The summed E-state index contributed by atoms with van der Waals surface area (Å²) < 4.78 is 0. The Balaban J connectivity index is 1.84. The number of carbonyl (C=O) groups is 2. The number of nitrogen functional groups attached to an aromatic ring is 2. The van der Waals surface area contributed by atoms with Crippen LogP contribution in [0, 0.1) is 0 Å². The van der Waals surface area contributed by atoms with E-state index in [-0.39, 0.29) is 30.2 Å². The van der Waals surface area contributed by atoms with E-state index in [2.05, 4.69) is 20.6 Å². The fourth-order valence-corrected chi connectivity index (χ4v) is 2.68. The quantitative estimate of drug-likeness (QED) is 0.262. The average Bonchev–Trinajstić information content (AvgIpc) is 2.64. The number of aromatic amines is 1. The van der Waals surface area contributed by atoms with Gasteiger partial charge in [0.05, 0.1) is 5.56 Å². The third-order valence-corrected chi connectivity index (χ3v) is 4.17. The van der Waals surface area contributed by atoms with E-state index in [0.29, 0.717) is 30.6 Å². The molecule has 0 aliphatic heterocycles. The van der Waals surface area contributed by atoms with E-state index in [1.54, 1.807) is 24.3 Å². The fraction of sp³-hybridized carbons (Fsp3) is 0.333. The Morgan fingerprint density at radius 3 is 2.38 bits per heavy atom. The number of nitrogens with zero attached hydrogens (tertiary/aromatic N) is 1. The van der Waals surface area contributed by atoms with Crippen molar-refractivity contribution < 1.29 is 19.8 Å². The van der Waals surface area contributed by atoms with Crippen molar-refractivity contribution in [2.45, 2.75) is 31.7 Å². The molecule has 156 valence electrons. The molecule has 0 radical (unpaired) electrons. The number of aromatic nitrogens is 2.